The first-order chi connectivity index (χ1) is 5.67. The fourth-order valence-corrected chi connectivity index (χ4v) is 0.576. The highest BCUT2D eigenvalue weighted by atomic mass is 16.6. The smallest absolute Gasteiger partial charge is 0.336 e. The summed E-state index contributed by atoms with van der Waals surface area (Å²) in [5, 5.41) is 10.8. The van der Waals surface area contributed by atoms with E-state index in [0.29, 0.717) is 0 Å². The van der Waals surface area contributed by atoms with E-state index in [4.69, 9.17) is 6.42 Å². The molecule has 0 aromatic rings. The monoisotopic (exact) mass is 169 g/mol. The molecule has 0 fully saturated rings. The predicted octanol–water partition coefficient (Wildman–Crippen LogP) is -0.599. The average Bonchev–Trinajstić information content (AvgIpc) is 2.11. The van der Waals surface area contributed by atoms with E-state index in [1.165, 1.54) is 14.2 Å². The highest BCUT2D eigenvalue weighted by Gasteiger charge is 2.09. The summed E-state index contributed by atoms with van der Waals surface area (Å²) >= 11 is 0. The van der Waals surface area contributed by atoms with Crippen LogP contribution >= 0.6 is 0 Å². The van der Waals surface area contributed by atoms with Crippen LogP contribution in [-0.2, 0) is 14.3 Å². The molecule has 0 saturated heterocycles. The van der Waals surface area contributed by atoms with E-state index in [2.05, 4.69) is 15.4 Å². The second kappa shape index (κ2) is 5.08. The van der Waals surface area contributed by atoms with Crippen molar-refractivity contribution < 1.29 is 19.4 Å². The van der Waals surface area contributed by atoms with Crippen LogP contribution in [-0.4, -0.2) is 20.2 Å². The van der Waals surface area contributed by atoms with E-state index in [-0.39, 0.29) is 12.0 Å². The molecular formula is C8H9O4-. The minimum atomic E-state index is -0.750. The van der Waals surface area contributed by atoms with Crippen LogP contribution in [0.15, 0.2) is 11.5 Å². The molecule has 0 unspecified atom stereocenters. The average molecular weight is 169 g/mol. The fourth-order valence-electron chi connectivity index (χ4n) is 0.576. The number of rotatable bonds is 3. The summed E-state index contributed by atoms with van der Waals surface area (Å²) in [6.07, 6.45) is 4.84. The molecule has 4 heteroatoms. The Balaban J connectivity index is 4.67. The Morgan fingerprint density at radius 3 is 2.42 bits per heavy atom. The molecule has 0 saturated carbocycles. The molecule has 0 aromatic heterocycles. The normalized spacial score (nSPS) is 11.1. The molecule has 0 spiro atoms. The van der Waals surface area contributed by atoms with Gasteiger partial charge in [-0.3, -0.25) is 0 Å². The van der Waals surface area contributed by atoms with E-state index in [9.17, 15) is 9.90 Å². The van der Waals surface area contributed by atoms with Crippen LogP contribution in [0.25, 0.3) is 0 Å². The van der Waals surface area contributed by atoms with Gasteiger partial charge in [0.2, 0.25) is 0 Å². The van der Waals surface area contributed by atoms with Gasteiger partial charge >= 0.3 is 5.97 Å². The Kier molecular flexibility index (Phi) is 4.39. The van der Waals surface area contributed by atoms with Crippen LogP contribution in [0.2, 0.25) is 0 Å². The topological polar surface area (TPSA) is 58.6 Å². The van der Waals surface area contributed by atoms with E-state index in [0.717, 1.165) is 0 Å². The summed E-state index contributed by atoms with van der Waals surface area (Å²) in [6.45, 7) is 0. The van der Waals surface area contributed by atoms with Crippen LogP contribution in [0.4, 0.5) is 0 Å². The third-order valence-corrected chi connectivity index (χ3v) is 1.14. The molecular weight excluding hydrogens is 160 g/mol. The van der Waals surface area contributed by atoms with Crippen LogP contribution in [0, 0.1) is 12.3 Å². The van der Waals surface area contributed by atoms with Gasteiger partial charge in [-0.2, -0.15) is 0 Å². The van der Waals surface area contributed by atoms with Crippen molar-refractivity contribution in [2.24, 2.45) is 0 Å². The van der Waals surface area contributed by atoms with Crippen molar-refractivity contribution in [2.45, 2.75) is 6.42 Å². The quantitative estimate of drug-likeness (QED) is 0.245. The Morgan fingerprint density at radius 2 is 2.08 bits per heavy atom. The molecule has 12 heavy (non-hydrogen) atoms. The van der Waals surface area contributed by atoms with Crippen molar-refractivity contribution in [1.82, 2.24) is 0 Å². The molecule has 0 radical (unpaired) electrons. The first-order valence-electron chi connectivity index (χ1n) is 3.13. The second-order valence-corrected chi connectivity index (χ2v) is 1.84. The van der Waals surface area contributed by atoms with Crippen LogP contribution < -0.4 is 5.11 Å². The fraction of sp³-hybridized carbons (Fsp3) is 0.375. The molecule has 0 aliphatic heterocycles. The van der Waals surface area contributed by atoms with Gasteiger partial charge in [-0.05, 0) is 7.11 Å². The molecule has 0 amide bonds. The summed E-state index contributed by atoms with van der Waals surface area (Å²) < 4.78 is 8.63. The third kappa shape index (κ3) is 2.54. The van der Waals surface area contributed by atoms with Crippen molar-refractivity contribution in [3.8, 4) is 12.3 Å². The van der Waals surface area contributed by atoms with Gasteiger partial charge in [0.05, 0.1) is 18.6 Å². The zero-order valence-electron chi connectivity index (χ0n) is 6.92. The number of methoxy groups -OCH3 is 2. The highest BCUT2D eigenvalue weighted by molar-refractivity contribution is 5.88. The molecule has 0 aliphatic carbocycles. The molecule has 0 aliphatic rings. The number of carbonyl (C=O) groups is 1. The maximum atomic E-state index is 10.8. The molecule has 4 nitrogen and oxygen atoms in total. The Morgan fingerprint density at radius 1 is 1.50 bits per heavy atom. The largest absolute Gasteiger partial charge is 0.616 e. The molecule has 0 N–H and O–H groups in total. The van der Waals surface area contributed by atoms with Gasteiger partial charge in [0.15, 0.2) is 0 Å². The number of esters is 1. The second-order valence-electron chi connectivity index (χ2n) is 1.84. The van der Waals surface area contributed by atoms with E-state index < -0.39 is 11.9 Å². The third-order valence-electron chi connectivity index (χ3n) is 1.14. The lowest BCUT2D eigenvalue weighted by molar-refractivity contribution is -0.355. The molecule has 0 rings (SSSR count). The van der Waals surface area contributed by atoms with Crippen molar-refractivity contribution in [2.75, 3.05) is 14.2 Å². The van der Waals surface area contributed by atoms with Gasteiger partial charge < -0.3 is 14.6 Å². The lowest BCUT2D eigenvalue weighted by Gasteiger charge is -2.12. The number of hydrogen-bond donors (Lipinski definition) is 0. The van der Waals surface area contributed by atoms with E-state index in [1.807, 2.05) is 0 Å². The molecule has 0 aromatic carbocycles. The van der Waals surface area contributed by atoms with Gasteiger partial charge in [0, 0.05) is 6.42 Å². The first kappa shape index (κ1) is 10.4. The molecule has 0 heterocycles. The number of ether oxygens (including phenoxy) is 2. The van der Waals surface area contributed by atoms with Crippen molar-refractivity contribution in [1.29, 1.82) is 0 Å². The van der Waals surface area contributed by atoms with Crippen molar-refractivity contribution in [3.05, 3.63) is 11.5 Å². The van der Waals surface area contributed by atoms with Crippen molar-refractivity contribution in [3.63, 3.8) is 0 Å². The summed E-state index contributed by atoms with van der Waals surface area (Å²) in [5.74, 6) is 0.659. The van der Waals surface area contributed by atoms with Crippen LogP contribution in [0.3, 0.4) is 0 Å². The SMILES string of the molecule is C#CC/C(C(=O)OC)=C(\[O-])OC. The Hall–Kier alpha value is -1.63. The Labute approximate surface area is 70.8 Å². The minimum absolute atomic E-state index is 0.0840. The number of carbonyl (C=O) groups excluding carboxylic acids is 1. The zero-order valence-corrected chi connectivity index (χ0v) is 6.92. The van der Waals surface area contributed by atoms with Gasteiger partial charge in [-0.15, -0.1) is 12.3 Å². The molecule has 0 bridgehead atoms. The molecule has 66 valence electrons. The summed E-state index contributed by atoms with van der Waals surface area (Å²) in [4.78, 5) is 10.8. The van der Waals surface area contributed by atoms with E-state index in [1.54, 1.807) is 0 Å². The first-order valence-corrected chi connectivity index (χ1v) is 3.13. The maximum absolute atomic E-state index is 10.8. The van der Waals surface area contributed by atoms with Crippen LogP contribution in [0.1, 0.15) is 6.42 Å². The number of terminal acetylenes is 1. The standard InChI is InChI=1S/C8H10O4/c1-4-5-6(7(9)11-2)8(10)12-3/h1,9H,5H2,2-3H3/p-1/b7-6-. The summed E-state index contributed by atoms with van der Waals surface area (Å²) in [6, 6.07) is 0. The number of hydrogen-bond acceptors (Lipinski definition) is 4. The maximum Gasteiger partial charge on any atom is 0.336 e. The predicted molar refractivity (Wildman–Crippen MR) is 39.5 cm³/mol. The van der Waals surface area contributed by atoms with Gasteiger partial charge in [0.1, 0.15) is 0 Å². The van der Waals surface area contributed by atoms with Gasteiger partial charge in [0.25, 0.3) is 0 Å². The van der Waals surface area contributed by atoms with E-state index >= 15 is 0 Å². The lowest BCUT2D eigenvalue weighted by atomic mass is 10.2. The summed E-state index contributed by atoms with van der Waals surface area (Å²) in [7, 11) is 2.34. The lowest BCUT2D eigenvalue weighted by Crippen LogP contribution is -2.16. The van der Waals surface area contributed by atoms with Crippen molar-refractivity contribution >= 4 is 5.97 Å². The van der Waals surface area contributed by atoms with Gasteiger partial charge in [-0.1, -0.05) is 0 Å². The van der Waals surface area contributed by atoms with Gasteiger partial charge in [-0.25, -0.2) is 4.79 Å². The molecule has 0 atom stereocenters. The highest BCUT2D eigenvalue weighted by Crippen LogP contribution is 2.06. The Bertz CT molecular complexity index is 234. The minimum Gasteiger partial charge on any atom is -0.616 e. The summed E-state index contributed by atoms with van der Waals surface area (Å²) in [5.41, 5.74) is -0.164. The zero-order chi connectivity index (χ0) is 9.56. The van der Waals surface area contributed by atoms with Crippen LogP contribution in [0.5, 0.6) is 0 Å².